The Morgan fingerprint density at radius 3 is 2.08 bits per heavy atom. The summed E-state index contributed by atoms with van der Waals surface area (Å²) in [6.45, 7) is 5.69. The number of amides is 4. The van der Waals surface area contributed by atoms with Crippen molar-refractivity contribution in [3.8, 4) is 5.75 Å². The number of benzene rings is 1. The van der Waals surface area contributed by atoms with Crippen LogP contribution in [-0.4, -0.2) is 71.6 Å². The molecule has 5 unspecified atom stereocenters. The van der Waals surface area contributed by atoms with Crippen LogP contribution in [0.3, 0.4) is 0 Å². The van der Waals surface area contributed by atoms with E-state index in [2.05, 4.69) is 33.9 Å². The van der Waals surface area contributed by atoms with Crippen molar-refractivity contribution in [2.45, 2.75) is 70.0 Å². The number of ether oxygens (including phenoxy) is 1. The van der Waals surface area contributed by atoms with Crippen molar-refractivity contribution in [1.29, 1.82) is 0 Å². The number of hydrogen-bond donors (Lipinski definition) is 5. The number of carbonyl (C=O) groups is 6. The molecular weight excluding hydrogens is 805 g/mol. The molecule has 0 heterocycles. The molecule has 5 atom stereocenters. The minimum Gasteiger partial charge on any atom is -0.540 e. The first-order valence-electron chi connectivity index (χ1n) is 12.1. The maximum atomic E-state index is 12.5. The summed E-state index contributed by atoms with van der Waals surface area (Å²) in [6.07, 6.45) is 1.31. The molecule has 1 aromatic rings. The van der Waals surface area contributed by atoms with E-state index in [-0.39, 0.29) is 61.8 Å². The van der Waals surface area contributed by atoms with Gasteiger partial charge in [0.05, 0.1) is 23.6 Å². The van der Waals surface area contributed by atoms with E-state index in [0.29, 0.717) is 5.56 Å². The maximum absolute atomic E-state index is 12.5. The Labute approximate surface area is 275 Å². The van der Waals surface area contributed by atoms with Gasteiger partial charge < -0.3 is 46.8 Å². The van der Waals surface area contributed by atoms with Gasteiger partial charge in [0.1, 0.15) is 25.5 Å². The summed E-state index contributed by atoms with van der Waals surface area (Å²) < 4.78 is 12.3. The predicted molar refractivity (Wildman–Crippen MR) is 140 cm³/mol. The molecule has 217 valence electrons. The zero-order valence-corrected chi connectivity index (χ0v) is 28.8. The molecule has 1 aromatic carbocycles. The molecule has 0 spiro atoms. The van der Waals surface area contributed by atoms with Crippen LogP contribution in [0.25, 0.3) is 0 Å². The van der Waals surface area contributed by atoms with E-state index in [9.17, 15) is 33.6 Å². The van der Waals surface area contributed by atoms with Crippen LogP contribution in [-0.2, 0) is 58.5 Å². The van der Waals surface area contributed by atoms with Crippen LogP contribution < -0.4 is 26.0 Å². The van der Waals surface area contributed by atoms with Crippen LogP contribution in [0.4, 0.5) is 0 Å². The van der Waals surface area contributed by atoms with Crippen molar-refractivity contribution in [1.82, 2.24) is 21.3 Å². The van der Waals surface area contributed by atoms with Crippen LogP contribution in [0.5, 0.6) is 5.75 Å². The first-order valence-corrected chi connectivity index (χ1v) is 12.2. The Balaban J connectivity index is 0. The van der Waals surface area contributed by atoms with E-state index in [0.717, 1.165) is 0 Å². The molecule has 0 bridgehead atoms. The van der Waals surface area contributed by atoms with Crippen LogP contribution in [0, 0.1) is 37.5 Å². The molecule has 40 heavy (non-hydrogen) atoms. The number of aldehydes is 1. The quantitative estimate of drug-likeness (QED) is 0.0510. The SMILES string of the molecule is [3H]C(=O)C(C)NC(=O)C(CC(=O)Oc1ccc(CC(NC(=O)[CH-]C)C(=O)NC(C)[C-]=O)cc1)NC(=O)C(C)S.[U].[V]. The average molecular weight is 840 g/mol. The van der Waals surface area contributed by atoms with Crippen LogP contribution >= 0.6 is 12.6 Å². The van der Waals surface area contributed by atoms with E-state index < -0.39 is 71.7 Å². The molecule has 0 saturated carbocycles. The fraction of sp³-hybridized carbons (Fsp3) is 0.440. The number of hydrogen-bond acceptors (Lipinski definition) is 9. The van der Waals surface area contributed by atoms with Crippen molar-refractivity contribution < 1.29 is 89.3 Å². The first kappa shape index (κ1) is 37.8. The summed E-state index contributed by atoms with van der Waals surface area (Å²) >= 11 is 3.99. The number of carbonyl (C=O) groups excluding carboxylic acids is 7. The van der Waals surface area contributed by atoms with Crippen LogP contribution in [0.1, 0.15) is 41.0 Å². The molecule has 12 nitrogen and oxygen atoms in total. The minimum atomic E-state index is -1.38. The Morgan fingerprint density at radius 2 is 1.57 bits per heavy atom. The summed E-state index contributed by atoms with van der Waals surface area (Å²) in [7, 11) is 0. The standard InChI is InChI=1S/C25H32N4O8S.U.V/c1-5-21(32)28-19(24(35)26-14(2)12-30)10-17-6-8-18(9-7-17)37-22(33)11-20(29-23(34)16(4)38)25(36)27-15(3)13-31;;/h5-9,13-16,19-20,38H,10-11H2,1-4H3,(H,26,35)(H,27,36)(H,28,32)(H,29,34);;/q-2;;/i13T;;. The molecule has 1 rings (SSSR count). The Bertz CT molecular complexity index is 1080. The van der Waals surface area contributed by atoms with Gasteiger partial charge in [-0.2, -0.15) is 19.6 Å². The molecule has 0 aliphatic heterocycles. The van der Waals surface area contributed by atoms with Gasteiger partial charge in [0.15, 0.2) is 0 Å². The van der Waals surface area contributed by atoms with Crippen molar-refractivity contribution in [2.24, 2.45) is 0 Å². The van der Waals surface area contributed by atoms with Crippen LogP contribution in [0.2, 0.25) is 0 Å². The zero-order valence-electron chi connectivity index (χ0n) is 23.3. The predicted octanol–water partition coefficient (Wildman–Crippen LogP) is -0.648. The van der Waals surface area contributed by atoms with Crippen LogP contribution in [0.15, 0.2) is 24.3 Å². The molecule has 0 fully saturated rings. The van der Waals surface area contributed by atoms with Gasteiger partial charge in [-0.3, -0.25) is 19.2 Å². The fourth-order valence-electron chi connectivity index (χ4n) is 2.92. The molecule has 15 heteroatoms. The number of esters is 1. The Hall–Kier alpha value is -2.23. The molecule has 4 N–H and O–H groups in total. The molecule has 0 aliphatic rings. The third-order valence-corrected chi connectivity index (χ3v) is 5.18. The second-order valence-electron chi connectivity index (χ2n) is 8.31. The number of nitrogens with one attached hydrogen (secondary N) is 4. The summed E-state index contributed by atoms with van der Waals surface area (Å²) in [4.78, 5) is 83.3. The zero-order chi connectivity index (χ0) is 29.7. The summed E-state index contributed by atoms with van der Waals surface area (Å²) in [5.41, 5.74) is 0.593. The van der Waals surface area contributed by atoms with E-state index in [1.807, 2.05) is 0 Å². The molecule has 0 saturated heterocycles. The third kappa shape index (κ3) is 15.0. The van der Waals surface area contributed by atoms with Gasteiger partial charge in [0.2, 0.25) is 17.7 Å². The molecular formula is C25H32N4O8SUV-2. The summed E-state index contributed by atoms with van der Waals surface area (Å²) in [6, 6.07) is 1.57. The van der Waals surface area contributed by atoms with E-state index in [4.69, 9.17) is 6.11 Å². The average Bonchev–Trinajstić information content (AvgIpc) is 2.88. The molecule has 0 aromatic heterocycles. The van der Waals surface area contributed by atoms with E-state index >= 15 is 0 Å². The third-order valence-electron chi connectivity index (χ3n) is 4.94. The second kappa shape index (κ2) is 20.6. The monoisotopic (exact) mass is 839 g/mol. The molecule has 1 radical (unpaired) electrons. The minimum absolute atomic E-state index is 0. The molecule has 0 aliphatic carbocycles. The van der Waals surface area contributed by atoms with Gasteiger partial charge in [-0.1, -0.05) is 25.1 Å². The number of rotatable bonds is 15. The largest absolute Gasteiger partial charge is 0.540 e. The molecule has 4 amide bonds. The topological polar surface area (TPSA) is 177 Å². The van der Waals surface area contributed by atoms with Crippen molar-refractivity contribution in [2.75, 3.05) is 0 Å². The maximum Gasteiger partial charge on any atom is 0.313 e. The summed E-state index contributed by atoms with van der Waals surface area (Å²) in [5, 5.41) is 8.78. The van der Waals surface area contributed by atoms with Gasteiger partial charge in [-0.15, -0.1) is 0 Å². The van der Waals surface area contributed by atoms with Gasteiger partial charge in [0.25, 0.3) is 0 Å². The van der Waals surface area contributed by atoms with E-state index in [1.165, 1.54) is 46.2 Å². The van der Waals surface area contributed by atoms with Gasteiger partial charge in [0, 0.05) is 56.1 Å². The van der Waals surface area contributed by atoms with Gasteiger partial charge in [-0.05, 0) is 31.5 Å². The Morgan fingerprint density at radius 1 is 1.00 bits per heavy atom. The summed E-state index contributed by atoms with van der Waals surface area (Å²) in [5.74, 6) is -3.32. The fourth-order valence-corrected chi connectivity index (χ4v) is 3.00. The van der Waals surface area contributed by atoms with Crippen molar-refractivity contribution >= 4 is 54.8 Å². The Kier molecular flexibility index (Phi) is 19.5. The van der Waals surface area contributed by atoms with Gasteiger partial charge in [-0.25, -0.2) is 6.29 Å². The first-order chi connectivity index (χ1) is 18.3. The smallest absolute Gasteiger partial charge is 0.313 e. The van der Waals surface area contributed by atoms with Crippen molar-refractivity contribution in [3.05, 3.63) is 36.2 Å². The normalized spacial score (nSPS) is 14.0. The van der Waals surface area contributed by atoms with E-state index in [1.54, 1.807) is 18.4 Å². The van der Waals surface area contributed by atoms with Gasteiger partial charge >= 0.3 is 5.97 Å². The second-order valence-corrected chi connectivity index (χ2v) is 9.08. The van der Waals surface area contributed by atoms with Crippen molar-refractivity contribution in [3.63, 3.8) is 0 Å². The number of thiol groups is 1.